The molecule has 4 heteroatoms. The molecule has 2 aromatic heterocycles. The highest BCUT2D eigenvalue weighted by atomic mass is 16.4. The number of benzene rings is 1. The number of carbonyl (C=O) groups is 1. The van der Waals surface area contributed by atoms with Crippen LogP contribution in [0.4, 0.5) is 0 Å². The van der Waals surface area contributed by atoms with Crippen molar-refractivity contribution in [2.45, 2.75) is 6.42 Å². The molecule has 0 unspecified atom stereocenters. The molecule has 0 spiro atoms. The van der Waals surface area contributed by atoms with Crippen LogP contribution in [0.2, 0.25) is 0 Å². The predicted molar refractivity (Wildman–Crippen MR) is 70.2 cm³/mol. The first-order valence-corrected chi connectivity index (χ1v) is 5.86. The average Bonchev–Trinajstić information content (AvgIpc) is 2.83. The number of carboxylic acid groups (broad SMARTS) is 1. The Morgan fingerprint density at radius 3 is 2.89 bits per heavy atom. The summed E-state index contributed by atoms with van der Waals surface area (Å²) in [6.07, 6.45) is 5.53. The molecule has 1 N–H and O–H groups in total. The van der Waals surface area contributed by atoms with E-state index in [1.165, 1.54) is 6.26 Å². The second-order valence-corrected chi connectivity index (χ2v) is 4.32. The molecule has 19 heavy (non-hydrogen) atoms. The molecule has 0 bridgehead atoms. The Hall–Kier alpha value is -2.62. The number of furan rings is 1. The van der Waals surface area contributed by atoms with Gasteiger partial charge in [-0.3, -0.25) is 4.98 Å². The molecular weight excluding hydrogens is 242 g/mol. The van der Waals surface area contributed by atoms with Gasteiger partial charge in [-0.15, -0.1) is 0 Å². The van der Waals surface area contributed by atoms with Gasteiger partial charge in [0.25, 0.3) is 0 Å². The molecule has 4 nitrogen and oxygen atoms in total. The zero-order chi connectivity index (χ0) is 13.2. The number of nitrogens with zero attached hydrogens (tertiary/aromatic N) is 1. The largest absolute Gasteiger partial charge is 0.478 e. The van der Waals surface area contributed by atoms with E-state index in [0.29, 0.717) is 17.4 Å². The van der Waals surface area contributed by atoms with Crippen molar-refractivity contribution >= 4 is 16.9 Å². The van der Waals surface area contributed by atoms with E-state index in [0.717, 1.165) is 11.1 Å². The fraction of sp³-hybridized carbons (Fsp3) is 0.0667. The third-order valence-corrected chi connectivity index (χ3v) is 3.00. The van der Waals surface area contributed by atoms with E-state index in [4.69, 9.17) is 9.52 Å². The molecule has 2 heterocycles. The second kappa shape index (κ2) is 4.57. The highest BCUT2D eigenvalue weighted by Gasteiger charge is 2.12. The van der Waals surface area contributed by atoms with Gasteiger partial charge in [0, 0.05) is 17.8 Å². The van der Waals surface area contributed by atoms with Crippen LogP contribution in [0, 0.1) is 0 Å². The maximum Gasteiger partial charge on any atom is 0.339 e. The lowest BCUT2D eigenvalue weighted by Crippen LogP contribution is -1.94. The van der Waals surface area contributed by atoms with Gasteiger partial charge >= 0.3 is 5.97 Å². The van der Waals surface area contributed by atoms with Crippen molar-refractivity contribution < 1.29 is 14.3 Å². The zero-order valence-electron chi connectivity index (χ0n) is 10.0. The molecule has 3 rings (SSSR count). The summed E-state index contributed by atoms with van der Waals surface area (Å²) >= 11 is 0. The van der Waals surface area contributed by atoms with Crippen LogP contribution >= 0.6 is 0 Å². The van der Waals surface area contributed by atoms with Gasteiger partial charge in [0.05, 0.1) is 0 Å². The summed E-state index contributed by atoms with van der Waals surface area (Å²) in [7, 11) is 0. The van der Waals surface area contributed by atoms with Crippen LogP contribution in [-0.4, -0.2) is 16.1 Å². The fourth-order valence-corrected chi connectivity index (χ4v) is 2.09. The summed E-state index contributed by atoms with van der Waals surface area (Å²) in [5.41, 5.74) is 2.90. The minimum absolute atomic E-state index is 0.197. The van der Waals surface area contributed by atoms with Crippen molar-refractivity contribution in [2.24, 2.45) is 0 Å². The number of hydrogen-bond donors (Lipinski definition) is 1. The van der Waals surface area contributed by atoms with Gasteiger partial charge in [-0.2, -0.15) is 0 Å². The van der Waals surface area contributed by atoms with Crippen LogP contribution in [-0.2, 0) is 6.42 Å². The Kier molecular flexibility index (Phi) is 2.76. The van der Waals surface area contributed by atoms with E-state index < -0.39 is 5.97 Å². The Morgan fingerprint density at radius 2 is 2.16 bits per heavy atom. The van der Waals surface area contributed by atoms with E-state index in [9.17, 15) is 4.79 Å². The standard InChI is InChI=1S/C15H11NO3/c17-15(18)13-9-19-14-4-3-10(7-12(13)14)6-11-2-1-5-16-8-11/h1-5,7-9H,6H2,(H,17,18). The highest BCUT2D eigenvalue weighted by Crippen LogP contribution is 2.23. The number of fused-ring (bicyclic) bond motifs is 1. The number of carboxylic acids is 1. The molecule has 0 aliphatic heterocycles. The van der Waals surface area contributed by atoms with Crippen LogP contribution < -0.4 is 0 Å². The lowest BCUT2D eigenvalue weighted by atomic mass is 10.0. The summed E-state index contributed by atoms with van der Waals surface area (Å²) in [5.74, 6) is -0.975. The number of aromatic nitrogens is 1. The van der Waals surface area contributed by atoms with Crippen molar-refractivity contribution in [3.63, 3.8) is 0 Å². The zero-order valence-corrected chi connectivity index (χ0v) is 10.0. The first-order valence-electron chi connectivity index (χ1n) is 5.86. The van der Waals surface area contributed by atoms with Gasteiger partial charge in [0.15, 0.2) is 0 Å². The quantitative estimate of drug-likeness (QED) is 0.779. The van der Waals surface area contributed by atoms with E-state index >= 15 is 0 Å². The lowest BCUT2D eigenvalue weighted by Gasteiger charge is -2.01. The molecule has 1 aromatic carbocycles. The number of hydrogen-bond acceptors (Lipinski definition) is 3. The average molecular weight is 253 g/mol. The third-order valence-electron chi connectivity index (χ3n) is 3.00. The number of pyridine rings is 1. The van der Waals surface area contributed by atoms with Gasteiger partial charge in [0.2, 0.25) is 0 Å². The molecule has 0 atom stereocenters. The monoisotopic (exact) mass is 253 g/mol. The van der Waals surface area contributed by atoms with Gasteiger partial charge < -0.3 is 9.52 Å². The maximum absolute atomic E-state index is 11.1. The van der Waals surface area contributed by atoms with Gasteiger partial charge in [-0.05, 0) is 35.7 Å². The van der Waals surface area contributed by atoms with Crippen molar-refractivity contribution in [1.82, 2.24) is 4.98 Å². The molecule has 0 saturated heterocycles. The Balaban J connectivity index is 2.01. The van der Waals surface area contributed by atoms with E-state index in [2.05, 4.69) is 4.98 Å². The topological polar surface area (TPSA) is 63.3 Å². The summed E-state index contributed by atoms with van der Waals surface area (Å²) in [6.45, 7) is 0. The fourth-order valence-electron chi connectivity index (χ4n) is 2.09. The molecule has 94 valence electrons. The molecule has 0 saturated carbocycles. The molecule has 0 radical (unpaired) electrons. The van der Waals surface area contributed by atoms with Crippen molar-refractivity contribution in [3.8, 4) is 0 Å². The normalized spacial score (nSPS) is 10.7. The summed E-state index contributed by atoms with van der Waals surface area (Å²) in [6, 6.07) is 9.46. The summed E-state index contributed by atoms with van der Waals surface area (Å²) in [5, 5.41) is 9.72. The van der Waals surface area contributed by atoms with Crippen LogP contribution in [0.25, 0.3) is 11.0 Å². The van der Waals surface area contributed by atoms with Crippen LogP contribution in [0.3, 0.4) is 0 Å². The Labute approximate surface area is 109 Å². The molecule has 0 aliphatic carbocycles. The summed E-state index contributed by atoms with van der Waals surface area (Å²) in [4.78, 5) is 15.1. The summed E-state index contributed by atoms with van der Waals surface area (Å²) < 4.78 is 5.22. The smallest absolute Gasteiger partial charge is 0.339 e. The third kappa shape index (κ3) is 2.20. The van der Waals surface area contributed by atoms with Gasteiger partial charge in [0.1, 0.15) is 17.4 Å². The van der Waals surface area contributed by atoms with Crippen LogP contribution in [0.1, 0.15) is 21.5 Å². The van der Waals surface area contributed by atoms with E-state index in [1.54, 1.807) is 18.5 Å². The SMILES string of the molecule is O=C(O)c1coc2ccc(Cc3cccnc3)cc12. The molecular formula is C15H11NO3. The number of aromatic carboxylic acids is 1. The second-order valence-electron chi connectivity index (χ2n) is 4.32. The van der Waals surface area contributed by atoms with E-state index in [1.807, 2.05) is 24.3 Å². The first-order chi connectivity index (χ1) is 9.24. The highest BCUT2D eigenvalue weighted by molar-refractivity contribution is 6.02. The molecule has 3 aromatic rings. The number of rotatable bonds is 3. The minimum Gasteiger partial charge on any atom is -0.478 e. The van der Waals surface area contributed by atoms with Crippen molar-refractivity contribution in [3.05, 3.63) is 65.7 Å². The Bertz CT molecular complexity index is 731. The molecule has 0 fully saturated rings. The van der Waals surface area contributed by atoms with Gasteiger partial charge in [-0.25, -0.2) is 4.79 Å². The maximum atomic E-state index is 11.1. The first kappa shape index (κ1) is 11.5. The lowest BCUT2D eigenvalue weighted by molar-refractivity contribution is 0.0698. The van der Waals surface area contributed by atoms with Crippen LogP contribution in [0.5, 0.6) is 0 Å². The Morgan fingerprint density at radius 1 is 1.26 bits per heavy atom. The molecule has 0 amide bonds. The van der Waals surface area contributed by atoms with E-state index in [-0.39, 0.29) is 5.56 Å². The van der Waals surface area contributed by atoms with Crippen molar-refractivity contribution in [2.75, 3.05) is 0 Å². The predicted octanol–water partition coefficient (Wildman–Crippen LogP) is 3.12. The van der Waals surface area contributed by atoms with Crippen LogP contribution in [0.15, 0.2) is 53.4 Å². The minimum atomic E-state index is -0.975. The molecule has 0 aliphatic rings. The van der Waals surface area contributed by atoms with Crippen molar-refractivity contribution in [1.29, 1.82) is 0 Å². The van der Waals surface area contributed by atoms with Gasteiger partial charge in [-0.1, -0.05) is 12.1 Å².